The number of anilines is 3. The summed E-state index contributed by atoms with van der Waals surface area (Å²) in [5, 5.41) is 5.21. The predicted molar refractivity (Wildman–Crippen MR) is 242 cm³/mol. The zero-order chi connectivity index (χ0) is 38.5. The van der Waals surface area contributed by atoms with Crippen molar-refractivity contribution in [3.63, 3.8) is 0 Å². The first-order valence-electron chi connectivity index (χ1n) is 20.2. The van der Waals surface area contributed by atoms with E-state index in [-0.39, 0.29) is 10.8 Å². The third kappa shape index (κ3) is 4.95. The number of hydrogen-bond donors (Lipinski definition) is 0. The van der Waals surface area contributed by atoms with Gasteiger partial charge >= 0.3 is 0 Å². The van der Waals surface area contributed by atoms with Gasteiger partial charge in [-0.2, -0.15) is 0 Å². The van der Waals surface area contributed by atoms with Gasteiger partial charge < -0.3 is 4.90 Å². The summed E-state index contributed by atoms with van der Waals surface area (Å²) in [5.41, 5.74) is 19.1. The van der Waals surface area contributed by atoms with E-state index in [0.29, 0.717) is 0 Å². The fourth-order valence-electron chi connectivity index (χ4n) is 10.3. The molecule has 0 spiro atoms. The lowest BCUT2D eigenvalue weighted by molar-refractivity contribution is 0.647. The van der Waals surface area contributed by atoms with Crippen molar-refractivity contribution >= 4 is 38.6 Å². The molecule has 0 fully saturated rings. The molecule has 11 rings (SSSR count). The molecule has 2 aliphatic carbocycles. The van der Waals surface area contributed by atoms with Crippen LogP contribution in [-0.4, -0.2) is 0 Å². The molecule has 1 heteroatoms. The number of para-hydroxylation sites is 1. The Balaban J connectivity index is 1.07. The van der Waals surface area contributed by atoms with Crippen LogP contribution in [-0.2, 0) is 10.8 Å². The Morgan fingerprint density at radius 3 is 1.79 bits per heavy atom. The maximum atomic E-state index is 2.41. The lowest BCUT2D eigenvalue weighted by Crippen LogP contribution is -2.25. The van der Waals surface area contributed by atoms with E-state index in [1.165, 1.54) is 88.3 Å². The second kappa shape index (κ2) is 12.4. The molecule has 0 aromatic heterocycles. The second-order valence-corrected chi connectivity index (χ2v) is 16.9. The van der Waals surface area contributed by atoms with Gasteiger partial charge in [0.05, 0.1) is 0 Å². The fourth-order valence-corrected chi connectivity index (χ4v) is 10.3. The van der Waals surface area contributed by atoms with Crippen LogP contribution in [0.25, 0.3) is 66.1 Å². The zero-order valence-electron chi connectivity index (χ0n) is 32.8. The lowest BCUT2D eigenvalue weighted by Gasteiger charge is -2.38. The van der Waals surface area contributed by atoms with Crippen molar-refractivity contribution in [2.45, 2.75) is 38.5 Å². The van der Waals surface area contributed by atoms with Gasteiger partial charge in [0, 0.05) is 27.9 Å². The Morgan fingerprint density at radius 2 is 0.930 bits per heavy atom. The average Bonchev–Trinajstić information content (AvgIpc) is 3.48. The molecule has 0 heterocycles. The molecule has 1 nitrogen and oxygen atoms in total. The molecule has 0 N–H and O–H groups in total. The summed E-state index contributed by atoms with van der Waals surface area (Å²) < 4.78 is 0. The number of hydrogen-bond acceptors (Lipinski definition) is 1. The minimum absolute atomic E-state index is 0.0796. The summed E-state index contributed by atoms with van der Waals surface area (Å²) in [6.07, 6.45) is 0. The Hall–Kier alpha value is -6.70. The van der Waals surface area contributed by atoms with Gasteiger partial charge in [-0.15, -0.1) is 0 Å². The molecule has 0 aliphatic heterocycles. The van der Waals surface area contributed by atoms with E-state index in [1.54, 1.807) is 0 Å². The van der Waals surface area contributed by atoms with Crippen molar-refractivity contribution in [3.05, 3.63) is 210 Å². The third-order valence-electron chi connectivity index (χ3n) is 13.0. The van der Waals surface area contributed by atoms with E-state index in [9.17, 15) is 0 Å². The first-order chi connectivity index (χ1) is 27.8. The molecule has 2 aliphatic rings. The summed E-state index contributed by atoms with van der Waals surface area (Å²) in [6, 6.07) is 70.0. The van der Waals surface area contributed by atoms with Gasteiger partial charge in [0.2, 0.25) is 0 Å². The van der Waals surface area contributed by atoms with Gasteiger partial charge in [-0.3, -0.25) is 0 Å². The molecule has 9 aromatic rings. The number of benzene rings is 9. The normalized spacial score (nSPS) is 14.2. The molecule has 0 bridgehead atoms. The molecule has 0 radical (unpaired) electrons. The Kier molecular flexibility index (Phi) is 7.32. The van der Waals surface area contributed by atoms with Crippen LogP contribution in [0.15, 0.2) is 188 Å². The molecule has 0 saturated carbocycles. The van der Waals surface area contributed by atoms with E-state index in [0.717, 1.165) is 17.1 Å². The third-order valence-corrected chi connectivity index (χ3v) is 13.0. The van der Waals surface area contributed by atoms with Crippen molar-refractivity contribution in [3.8, 4) is 44.5 Å². The average molecular weight is 730 g/mol. The maximum Gasteiger partial charge on any atom is 0.0465 e. The largest absolute Gasteiger partial charge is 0.310 e. The van der Waals surface area contributed by atoms with E-state index in [1.807, 2.05) is 0 Å². The summed E-state index contributed by atoms with van der Waals surface area (Å²) in [6.45, 7) is 9.54. The number of fused-ring (bicyclic) bond motifs is 6. The van der Waals surface area contributed by atoms with E-state index >= 15 is 0 Å². The molecular formula is C56H43N. The summed E-state index contributed by atoms with van der Waals surface area (Å²) in [5.74, 6) is 0. The van der Waals surface area contributed by atoms with E-state index < -0.39 is 0 Å². The van der Waals surface area contributed by atoms with Crippen LogP contribution in [0, 0.1) is 0 Å². The standard InChI is InChI=1S/C56H43N/c1-55(2)49-25-11-10-21-45(49)46-34-32-41(35-51(46)55)57(39-18-6-5-7-19-39)40-30-27-37(28-31-40)43-22-14-24-48-53-47(44-23-12-16-36-15-8-9-20-42(36)44)33-29-38-17-13-26-50(52(38)53)56(3,4)54(43)48/h5-35H,1-4H3. The predicted octanol–water partition coefficient (Wildman–Crippen LogP) is 15.4. The molecular weight excluding hydrogens is 687 g/mol. The van der Waals surface area contributed by atoms with Crippen LogP contribution in [0.4, 0.5) is 17.1 Å². The summed E-state index contributed by atoms with van der Waals surface area (Å²) in [4.78, 5) is 2.40. The topological polar surface area (TPSA) is 3.24 Å². The van der Waals surface area contributed by atoms with Crippen molar-refractivity contribution < 1.29 is 0 Å². The highest BCUT2D eigenvalue weighted by Gasteiger charge is 2.38. The molecule has 0 saturated heterocycles. The SMILES string of the molecule is CC1(C)c2ccccc2-c2ccc(N(c3ccccc3)c3ccc(-c4cccc5c4C(C)(C)c4cccc6ccc(-c7cccc8ccccc78)c-5c46)cc3)cc21. The van der Waals surface area contributed by atoms with Crippen LogP contribution >= 0.6 is 0 Å². The van der Waals surface area contributed by atoms with Crippen LogP contribution < -0.4 is 4.90 Å². The minimum atomic E-state index is -0.223. The van der Waals surface area contributed by atoms with Crippen molar-refractivity contribution in [2.75, 3.05) is 4.90 Å². The van der Waals surface area contributed by atoms with Gasteiger partial charge in [-0.25, -0.2) is 0 Å². The highest BCUT2D eigenvalue weighted by molar-refractivity contribution is 6.13. The van der Waals surface area contributed by atoms with Crippen molar-refractivity contribution in [1.29, 1.82) is 0 Å². The smallest absolute Gasteiger partial charge is 0.0465 e. The van der Waals surface area contributed by atoms with Gasteiger partial charge in [0.15, 0.2) is 0 Å². The molecule has 0 amide bonds. The van der Waals surface area contributed by atoms with Crippen LogP contribution in [0.5, 0.6) is 0 Å². The Morgan fingerprint density at radius 1 is 0.351 bits per heavy atom. The van der Waals surface area contributed by atoms with Gasteiger partial charge in [0.1, 0.15) is 0 Å². The molecule has 272 valence electrons. The van der Waals surface area contributed by atoms with Gasteiger partial charge in [-0.1, -0.05) is 179 Å². The quantitative estimate of drug-likeness (QED) is 0.170. The Labute approximate surface area is 335 Å². The highest BCUT2D eigenvalue weighted by atomic mass is 15.1. The van der Waals surface area contributed by atoms with Crippen molar-refractivity contribution in [2.24, 2.45) is 0 Å². The van der Waals surface area contributed by atoms with E-state index in [2.05, 4.69) is 221 Å². The lowest BCUT2D eigenvalue weighted by atomic mass is 9.65. The molecule has 0 atom stereocenters. The highest BCUT2D eigenvalue weighted by Crippen LogP contribution is 2.55. The first-order valence-corrected chi connectivity index (χ1v) is 20.2. The molecule has 0 unspecified atom stereocenters. The van der Waals surface area contributed by atoms with E-state index in [4.69, 9.17) is 0 Å². The summed E-state index contributed by atoms with van der Waals surface area (Å²) >= 11 is 0. The monoisotopic (exact) mass is 729 g/mol. The van der Waals surface area contributed by atoms with Crippen molar-refractivity contribution in [1.82, 2.24) is 0 Å². The van der Waals surface area contributed by atoms with Gasteiger partial charge in [0.25, 0.3) is 0 Å². The molecule has 57 heavy (non-hydrogen) atoms. The van der Waals surface area contributed by atoms with Crippen LogP contribution in [0.1, 0.15) is 49.9 Å². The minimum Gasteiger partial charge on any atom is -0.310 e. The zero-order valence-corrected chi connectivity index (χ0v) is 32.8. The summed E-state index contributed by atoms with van der Waals surface area (Å²) in [7, 11) is 0. The number of nitrogens with zero attached hydrogens (tertiary/aromatic N) is 1. The first kappa shape index (κ1) is 33.6. The van der Waals surface area contributed by atoms with Crippen LogP contribution in [0.3, 0.4) is 0 Å². The fraction of sp³-hybridized carbons (Fsp3) is 0.107. The Bertz CT molecular complexity index is 3050. The van der Waals surface area contributed by atoms with Gasteiger partial charge in [-0.05, 0) is 125 Å². The maximum absolute atomic E-state index is 2.41. The van der Waals surface area contributed by atoms with Crippen LogP contribution in [0.2, 0.25) is 0 Å². The number of rotatable bonds is 5. The second-order valence-electron chi connectivity index (χ2n) is 16.9. The molecule has 9 aromatic carbocycles.